The highest BCUT2D eigenvalue weighted by molar-refractivity contribution is 5.74. The molecule has 2 aliphatic heterocycles. The first-order chi connectivity index (χ1) is 17.8. The molecule has 1 aromatic rings. The van der Waals surface area contributed by atoms with Gasteiger partial charge in [-0.3, -0.25) is 4.79 Å². The van der Waals surface area contributed by atoms with Gasteiger partial charge in [0.25, 0.3) is 0 Å². The molecule has 10 heteroatoms. The van der Waals surface area contributed by atoms with Crippen LogP contribution in [-0.2, 0) is 30.2 Å². The summed E-state index contributed by atoms with van der Waals surface area (Å²) in [5, 5.41) is 10.2. The van der Waals surface area contributed by atoms with Crippen molar-refractivity contribution in [3.63, 3.8) is 0 Å². The van der Waals surface area contributed by atoms with Crippen LogP contribution in [0.3, 0.4) is 0 Å². The fourth-order valence-electron chi connectivity index (χ4n) is 4.49. The molecule has 3 unspecified atom stereocenters. The molecule has 0 saturated carbocycles. The number of carbonyl (C=O) groups excluding carboxylic acids is 2. The minimum atomic E-state index is -1.14. The van der Waals surface area contributed by atoms with E-state index < -0.39 is 31.0 Å². The van der Waals surface area contributed by atoms with Crippen LogP contribution in [0.5, 0.6) is 11.5 Å². The number of halogens is 1. The van der Waals surface area contributed by atoms with E-state index in [4.69, 9.17) is 18.9 Å². The summed E-state index contributed by atoms with van der Waals surface area (Å²) in [4.78, 5) is 24.7. The van der Waals surface area contributed by atoms with Crippen LogP contribution in [0.25, 0.3) is 0 Å². The molecule has 0 fully saturated rings. The number of benzene rings is 1. The number of esters is 2. The quantitative estimate of drug-likeness (QED) is 0.360. The normalized spacial score (nSPS) is 18.5. The van der Waals surface area contributed by atoms with E-state index in [-0.39, 0.29) is 12.7 Å². The largest absolute Gasteiger partial charge is 0.497 e. The van der Waals surface area contributed by atoms with Gasteiger partial charge in [-0.2, -0.15) is 0 Å². The second-order valence-electron chi connectivity index (χ2n) is 8.86. The van der Waals surface area contributed by atoms with E-state index in [1.165, 1.54) is 0 Å². The number of allylic oxidation sites excluding steroid dienone is 1. The summed E-state index contributed by atoms with van der Waals surface area (Å²) in [6.45, 7) is 8.87. The first-order valence-electron chi connectivity index (χ1n) is 12.7. The number of nitrogens with zero attached hydrogens (tertiary/aromatic N) is 1. The highest BCUT2D eigenvalue weighted by Crippen LogP contribution is 2.41. The molecule has 0 spiro atoms. The van der Waals surface area contributed by atoms with Crippen molar-refractivity contribution in [2.24, 2.45) is 0 Å². The van der Waals surface area contributed by atoms with Gasteiger partial charge in [0.05, 0.1) is 7.11 Å². The average Bonchev–Trinajstić information content (AvgIpc) is 3.25. The highest BCUT2D eigenvalue weighted by atomic mass is 19.1. The topological polar surface area (TPSA) is 104 Å². The molecule has 9 nitrogen and oxygen atoms in total. The van der Waals surface area contributed by atoms with E-state index in [1.807, 2.05) is 32.1 Å². The lowest BCUT2D eigenvalue weighted by molar-refractivity contribution is -0.160. The number of fused-ring (bicyclic) bond motifs is 2. The van der Waals surface area contributed by atoms with Crippen LogP contribution >= 0.6 is 0 Å². The van der Waals surface area contributed by atoms with Gasteiger partial charge >= 0.3 is 11.9 Å². The lowest BCUT2D eigenvalue weighted by Gasteiger charge is -2.32. The lowest BCUT2D eigenvalue weighted by atomic mass is 9.87. The van der Waals surface area contributed by atoms with Gasteiger partial charge in [-0.05, 0) is 62.1 Å². The molecule has 0 aromatic heterocycles. The second-order valence-corrected chi connectivity index (χ2v) is 8.86. The number of alkyl halides is 1. The molecule has 0 saturated heterocycles. The van der Waals surface area contributed by atoms with Gasteiger partial charge in [-0.25, -0.2) is 9.18 Å². The third-order valence-electron chi connectivity index (χ3n) is 6.23. The smallest absolute Gasteiger partial charge is 0.335 e. The Labute approximate surface area is 218 Å². The fourth-order valence-corrected chi connectivity index (χ4v) is 4.49. The molecule has 1 N–H and O–H groups in total. The molecule has 208 valence electrons. The van der Waals surface area contributed by atoms with Crippen LogP contribution in [0.1, 0.15) is 64.0 Å². The maximum absolute atomic E-state index is 12.7. The minimum absolute atomic E-state index is 0.164. The number of aliphatic hydroxyl groups excluding tert-OH is 1. The molecular formula is C27H40FNO8. The van der Waals surface area contributed by atoms with E-state index in [0.717, 1.165) is 49.7 Å². The maximum atomic E-state index is 12.7. The molecule has 37 heavy (non-hydrogen) atoms. The molecular weight excluding hydrogens is 485 g/mol. The Morgan fingerprint density at radius 1 is 1.24 bits per heavy atom. The van der Waals surface area contributed by atoms with Crippen molar-refractivity contribution < 1.29 is 42.8 Å². The number of hydrogen-bond donors (Lipinski definition) is 1. The summed E-state index contributed by atoms with van der Waals surface area (Å²) in [5.74, 6) is 0.676. The Morgan fingerprint density at radius 2 is 1.95 bits per heavy atom. The van der Waals surface area contributed by atoms with Crippen molar-refractivity contribution in [2.75, 3.05) is 40.4 Å². The Morgan fingerprint density at radius 3 is 2.49 bits per heavy atom. The zero-order chi connectivity index (χ0) is 27.4. The molecule has 0 amide bonds. The summed E-state index contributed by atoms with van der Waals surface area (Å²) in [6.07, 6.45) is 3.01. The monoisotopic (exact) mass is 525 g/mol. The zero-order valence-electron chi connectivity index (χ0n) is 22.5. The molecule has 1 aromatic carbocycles. The van der Waals surface area contributed by atoms with Crippen molar-refractivity contribution in [1.29, 1.82) is 0 Å². The molecule has 0 bridgehead atoms. The van der Waals surface area contributed by atoms with Crippen LogP contribution in [0.4, 0.5) is 4.39 Å². The van der Waals surface area contributed by atoms with Gasteiger partial charge in [-0.15, -0.1) is 0 Å². The Kier molecular flexibility index (Phi) is 12.7. The molecule has 2 aliphatic rings. The summed E-state index contributed by atoms with van der Waals surface area (Å²) in [5.41, 5.74) is 2.23. The Hall–Kier alpha value is -2.85. The van der Waals surface area contributed by atoms with Gasteiger partial charge in [0, 0.05) is 25.9 Å². The highest BCUT2D eigenvalue weighted by Gasteiger charge is 2.37. The maximum Gasteiger partial charge on any atom is 0.335 e. The van der Waals surface area contributed by atoms with Crippen LogP contribution in [0, 0.1) is 0 Å². The SMILES string of the molecule is C/C=C(/OC)C(OC(=O)C(O)CCC)C1CN(CCC)CCc2cc3c(cc21)OCO3.CC(=O)OCF. The fraction of sp³-hybridized carbons (Fsp3) is 0.630. The van der Waals surface area contributed by atoms with Crippen molar-refractivity contribution >= 4 is 11.9 Å². The minimum Gasteiger partial charge on any atom is -0.497 e. The van der Waals surface area contributed by atoms with Gasteiger partial charge < -0.3 is 33.7 Å². The second kappa shape index (κ2) is 15.4. The zero-order valence-corrected chi connectivity index (χ0v) is 22.5. The van der Waals surface area contributed by atoms with E-state index in [2.05, 4.69) is 16.6 Å². The number of carbonyl (C=O) groups is 2. The van der Waals surface area contributed by atoms with Crippen LogP contribution < -0.4 is 9.47 Å². The summed E-state index contributed by atoms with van der Waals surface area (Å²) in [7, 11) is 1.58. The predicted molar refractivity (Wildman–Crippen MR) is 135 cm³/mol. The van der Waals surface area contributed by atoms with Gasteiger partial charge in [0.15, 0.2) is 23.7 Å². The number of ether oxygens (including phenoxy) is 5. The van der Waals surface area contributed by atoms with Crippen LogP contribution in [-0.4, -0.2) is 74.6 Å². The summed E-state index contributed by atoms with van der Waals surface area (Å²) < 4.78 is 37.3. The van der Waals surface area contributed by atoms with E-state index >= 15 is 0 Å². The molecule has 2 heterocycles. The van der Waals surface area contributed by atoms with Gasteiger partial charge in [0.1, 0.15) is 5.76 Å². The number of hydrogen-bond acceptors (Lipinski definition) is 9. The summed E-state index contributed by atoms with van der Waals surface area (Å²) in [6, 6.07) is 4.07. The van der Waals surface area contributed by atoms with Crippen molar-refractivity contribution in [1.82, 2.24) is 4.90 Å². The van der Waals surface area contributed by atoms with Crippen molar-refractivity contribution in [2.45, 2.75) is 71.5 Å². The molecule has 3 rings (SSSR count). The van der Waals surface area contributed by atoms with Gasteiger partial charge in [-0.1, -0.05) is 20.3 Å². The van der Waals surface area contributed by atoms with E-state index in [1.54, 1.807) is 7.11 Å². The van der Waals surface area contributed by atoms with Crippen molar-refractivity contribution in [3.05, 3.63) is 35.1 Å². The Bertz CT molecular complexity index is 922. The van der Waals surface area contributed by atoms with Crippen LogP contribution in [0.2, 0.25) is 0 Å². The summed E-state index contributed by atoms with van der Waals surface area (Å²) >= 11 is 0. The number of methoxy groups -OCH3 is 1. The van der Waals surface area contributed by atoms with Gasteiger partial charge in [0.2, 0.25) is 13.7 Å². The standard InChI is InChI=1S/C24H35NO6.C3H5FO2/c1-5-8-19(26)24(27)31-23(20(7-3)28-4)18-14-25(10-6-2)11-9-16-12-21-22(13-17(16)18)30-15-29-21;1-3(5)6-2-4/h7,12-13,18-19,23,26H,5-6,8-11,14-15H2,1-4H3;2H2,1H3/b20-7+;. The first kappa shape index (κ1) is 30.4. The first-order valence-corrected chi connectivity index (χ1v) is 12.7. The number of aliphatic hydroxyl groups is 1. The van der Waals surface area contributed by atoms with Crippen LogP contribution in [0.15, 0.2) is 24.0 Å². The van der Waals surface area contributed by atoms with E-state index in [9.17, 15) is 19.1 Å². The molecule has 0 aliphatic carbocycles. The third kappa shape index (κ3) is 8.60. The van der Waals surface area contributed by atoms with Crippen molar-refractivity contribution in [3.8, 4) is 11.5 Å². The molecule has 0 radical (unpaired) electrons. The predicted octanol–water partition coefficient (Wildman–Crippen LogP) is 3.87. The van der Waals surface area contributed by atoms with E-state index in [0.29, 0.717) is 30.9 Å². The third-order valence-corrected chi connectivity index (χ3v) is 6.23. The molecule has 3 atom stereocenters. The number of rotatable bonds is 10. The lowest BCUT2D eigenvalue weighted by Crippen LogP contribution is -2.38. The Balaban J connectivity index is 0.000000717. The average molecular weight is 526 g/mol.